The van der Waals surface area contributed by atoms with E-state index < -0.39 is 5.95 Å². The second-order valence-corrected chi connectivity index (χ2v) is 3.54. The third kappa shape index (κ3) is 2.75. The van der Waals surface area contributed by atoms with E-state index in [1.165, 1.54) is 18.3 Å². The molecule has 0 fully saturated rings. The van der Waals surface area contributed by atoms with Crippen LogP contribution in [0.15, 0.2) is 18.3 Å². The second kappa shape index (κ2) is 4.87. The third-order valence-electron chi connectivity index (χ3n) is 2.55. The number of hydrogen-bond acceptors (Lipinski definition) is 2. The van der Waals surface area contributed by atoms with E-state index in [1.807, 2.05) is 13.8 Å². The van der Waals surface area contributed by atoms with E-state index in [2.05, 4.69) is 4.98 Å². The maximum Gasteiger partial charge on any atom is 0.255 e. The Morgan fingerprint density at radius 1 is 1.60 bits per heavy atom. The zero-order chi connectivity index (χ0) is 11.4. The molecule has 1 aromatic heterocycles. The summed E-state index contributed by atoms with van der Waals surface area (Å²) in [6, 6.07) is 2.81. The van der Waals surface area contributed by atoms with E-state index in [9.17, 15) is 9.18 Å². The minimum absolute atomic E-state index is 0.128. The summed E-state index contributed by atoms with van der Waals surface area (Å²) < 4.78 is 12.5. The number of halogens is 1. The first kappa shape index (κ1) is 11.6. The highest BCUT2D eigenvalue weighted by atomic mass is 19.1. The van der Waals surface area contributed by atoms with Crippen molar-refractivity contribution in [3.8, 4) is 0 Å². The van der Waals surface area contributed by atoms with Crippen LogP contribution in [0.2, 0.25) is 0 Å². The van der Waals surface area contributed by atoms with Crippen LogP contribution in [-0.2, 0) is 0 Å². The Morgan fingerprint density at radius 3 is 2.73 bits per heavy atom. The van der Waals surface area contributed by atoms with Gasteiger partial charge in [0.15, 0.2) is 0 Å². The summed E-state index contributed by atoms with van der Waals surface area (Å²) >= 11 is 0. The highest BCUT2D eigenvalue weighted by Crippen LogP contribution is 2.07. The van der Waals surface area contributed by atoms with Crippen LogP contribution in [0.25, 0.3) is 0 Å². The van der Waals surface area contributed by atoms with Crippen molar-refractivity contribution in [3.63, 3.8) is 0 Å². The fourth-order valence-corrected chi connectivity index (χ4v) is 1.18. The summed E-state index contributed by atoms with van der Waals surface area (Å²) in [5, 5.41) is 0. The van der Waals surface area contributed by atoms with Crippen LogP contribution in [0, 0.1) is 5.95 Å². The topological polar surface area (TPSA) is 33.2 Å². The Labute approximate surface area is 88.9 Å². The molecule has 1 aromatic rings. The van der Waals surface area contributed by atoms with E-state index >= 15 is 0 Å². The van der Waals surface area contributed by atoms with Gasteiger partial charge in [-0.05, 0) is 25.5 Å². The van der Waals surface area contributed by atoms with Crippen LogP contribution in [0.3, 0.4) is 0 Å². The predicted molar refractivity (Wildman–Crippen MR) is 56.0 cm³/mol. The number of carbonyl (C=O) groups is 1. The predicted octanol–water partition coefficient (Wildman–Crippen LogP) is 2.09. The summed E-state index contributed by atoms with van der Waals surface area (Å²) in [7, 11) is 1.74. The molecule has 3 nitrogen and oxygen atoms in total. The number of rotatable bonds is 3. The molecule has 0 bridgehead atoms. The fraction of sp³-hybridized carbons (Fsp3) is 0.455. The molecule has 0 spiro atoms. The first-order chi connectivity index (χ1) is 7.06. The monoisotopic (exact) mass is 210 g/mol. The molecule has 0 aromatic carbocycles. The Kier molecular flexibility index (Phi) is 3.77. The minimum atomic E-state index is -0.572. The normalized spacial score (nSPS) is 12.3. The number of nitrogens with zero attached hydrogens (tertiary/aromatic N) is 2. The van der Waals surface area contributed by atoms with E-state index in [0.717, 1.165) is 6.42 Å². The van der Waals surface area contributed by atoms with Crippen molar-refractivity contribution in [1.82, 2.24) is 9.88 Å². The number of carbonyl (C=O) groups excluding carboxylic acids is 1. The molecule has 15 heavy (non-hydrogen) atoms. The molecular formula is C11H15FN2O. The molecule has 0 N–H and O–H groups in total. The molecule has 82 valence electrons. The lowest BCUT2D eigenvalue weighted by Crippen LogP contribution is -2.34. The standard InChI is InChI=1S/C11H15FN2O/c1-4-8(2)14(3)11(15)9-5-6-10(12)13-7-9/h5-8H,4H2,1-3H3. The highest BCUT2D eigenvalue weighted by molar-refractivity contribution is 5.93. The summed E-state index contributed by atoms with van der Waals surface area (Å²) in [5.41, 5.74) is 0.416. The molecule has 4 heteroatoms. The lowest BCUT2D eigenvalue weighted by atomic mass is 10.2. The molecule has 1 unspecified atom stereocenters. The van der Waals surface area contributed by atoms with Gasteiger partial charge in [-0.3, -0.25) is 4.79 Å². The van der Waals surface area contributed by atoms with Gasteiger partial charge in [0.2, 0.25) is 5.95 Å². The van der Waals surface area contributed by atoms with Gasteiger partial charge in [-0.25, -0.2) is 4.98 Å². The van der Waals surface area contributed by atoms with Gasteiger partial charge in [0.25, 0.3) is 5.91 Å². The SMILES string of the molecule is CCC(C)N(C)C(=O)c1ccc(F)nc1. The van der Waals surface area contributed by atoms with Gasteiger partial charge in [0, 0.05) is 19.3 Å². The molecule has 1 rings (SSSR count). The minimum Gasteiger partial charge on any atom is -0.339 e. The van der Waals surface area contributed by atoms with E-state index in [1.54, 1.807) is 11.9 Å². The van der Waals surface area contributed by atoms with Crippen LogP contribution in [-0.4, -0.2) is 28.9 Å². The smallest absolute Gasteiger partial charge is 0.255 e. The van der Waals surface area contributed by atoms with Gasteiger partial charge in [-0.15, -0.1) is 0 Å². The molecule has 0 saturated heterocycles. The van der Waals surface area contributed by atoms with Gasteiger partial charge in [0.05, 0.1) is 5.56 Å². The van der Waals surface area contributed by atoms with Crippen molar-refractivity contribution in [2.75, 3.05) is 7.05 Å². The van der Waals surface area contributed by atoms with Gasteiger partial charge in [0.1, 0.15) is 0 Å². The molecule has 0 saturated carbocycles. The first-order valence-corrected chi connectivity index (χ1v) is 4.95. The van der Waals surface area contributed by atoms with Gasteiger partial charge < -0.3 is 4.90 Å². The Hall–Kier alpha value is -1.45. The highest BCUT2D eigenvalue weighted by Gasteiger charge is 2.16. The molecule has 0 aliphatic rings. The van der Waals surface area contributed by atoms with Crippen LogP contribution < -0.4 is 0 Å². The van der Waals surface area contributed by atoms with Gasteiger partial charge in [-0.2, -0.15) is 4.39 Å². The first-order valence-electron chi connectivity index (χ1n) is 4.95. The molecule has 0 aliphatic heterocycles. The van der Waals surface area contributed by atoms with Gasteiger partial charge >= 0.3 is 0 Å². The van der Waals surface area contributed by atoms with E-state index in [-0.39, 0.29) is 11.9 Å². The molecular weight excluding hydrogens is 195 g/mol. The maximum absolute atomic E-state index is 12.5. The quantitative estimate of drug-likeness (QED) is 0.716. The number of aromatic nitrogens is 1. The summed E-state index contributed by atoms with van der Waals surface area (Å²) in [5.74, 6) is -0.699. The number of pyridine rings is 1. The van der Waals surface area contributed by atoms with Crippen molar-refractivity contribution in [1.29, 1.82) is 0 Å². The zero-order valence-electron chi connectivity index (χ0n) is 9.20. The molecule has 0 radical (unpaired) electrons. The maximum atomic E-state index is 12.5. The van der Waals surface area contributed by atoms with Crippen LogP contribution >= 0.6 is 0 Å². The summed E-state index contributed by atoms with van der Waals surface area (Å²) in [6.07, 6.45) is 2.15. The van der Waals surface area contributed by atoms with Crippen molar-refractivity contribution >= 4 is 5.91 Å². The van der Waals surface area contributed by atoms with Crippen LogP contribution in [0.4, 0.5) is 4.39 Å². The average molecular weight is 210 g/mol. The van der Waals surface area contributed by atoms with Crippen molar-refractivity contribution < 1.29 is 9.18 Å². The molecule has 1 amide bonds. The lowest BCUT2D eigenvalue weighted by molar-refractivity contribution is 0.0740. The van der Waals surface area contributed by atoms with Crippen LogP contribution in [0.5, 0.6) is 0 Å². The fourth-order valence-electron chi connectivity index (χ4n) is 1.18. The second-order valence-electron chi connectivity index (χ2n) is 3.54. The largest absolute Gasteiger partial charge is 0.339 e. The average Bonchev–Trinajstić information content (AvgIpc) is 2.27. The zero-order valence-corrected chi connectivity index (χ0v) is 9.20. The Bertz CT molecular complexity index is 337. The van der Waals surface area contributed by atoms with E-state index in [0.29, 0.717) is 5.56 Å². The molecule has 1 heterocycles. The van der Waals surface area contributed by atoms with Gasteiger partial charge in [-0.1, -0.05) is 6.92 Å². The van der Waals surface area contributed by atoms with E-state index in [4.69, 9.17) is 0 Å². The Balaban J connectivity index is 2.80. The van der Waals surface area contributed by atoms with Crippen molar-refractivity contribution in [2.45, 2.75) is 26.3 Å². The number of amides is 1. The molecule has 1 atom stereocenters. The van der Waals surface area contributed by atoms with Crippen molar-refractivity contribution in [2.24, 2.45) is 0 Å². The summed E-state index contributed by atoms with van der Waals surface area (Å²) in [4.78, 5) is 16.9. The molecule has 0 aliphatic carbocycles. The Morgan fingerprint density at radius 2 is 2.27 bits per heavy atom. The third-order valence-corrected chi connectivity index (χ3v) is 2.55. The summed E-state index contributed by atoms with van der Waals surface area (Å²) in [6.45, 7) is 3.98. The number of hydrogen-bond donors (Lipinski definition) is 0. The van der Waals surface area contributed by atoms with Crippen LogP contribution in [0.1, 0.15) is 30.6 Å². The van der Waals surface area contributed by atoms with Crippen molar-refractivity contribution in [3.05, 3.63) is 29.8 Å². The lowest BCUT2D eigenvalue weighted by Gasteiger charge is -2.23.